The van der Waals surface area contributed by atoms with Crippen LogP contribution < -0.4 is 0 Å². The number of amides is 1. The van der Waals surface area contributed by atoms with Gasteiger partial charge in [-0.1, -0.05) is 36.4 Å². The van der Waals surface area contributed by atoms with E-state index in [4.69, 9.17) is 4.42 Å². The van der Waals surface area contributed by atoms with Crippen molar-refractivity contribution in [3.63, 3.8) is 0 Å². The van der Waals surface area contributed by atoms with E-state index in [0.717, 1.165) is 22.0 Å². The van der Waals surface area contributed by atoms with Crippen molar-refractivity contribution >= 4 is 17.2 Å². The Hall–Kier alpha value is -2.33. The molecular formula is C18H17NO2S. The normalized spacial score (nSPS) is 10.6. The van der Waals surface area contributed by atoms with Gasteiger partial charge in [-0.25, -0.2) is 0 Å². The molecule has 1 amide bonds. The summed E-state index contributed by atoms with van der Waals surface area (Å²) in [4.78, 5) is 15.3. The van der Waals surface area contributed by atoms with Crippen molar-refractivity contribution in [1.29, 1.82) is 0 Å². The van der Waals surface area contributed by atoms with Crippen LogP contribution in [0.2, 0.25) is 0 Å². The van der Waals surface area contributed by atoms with E-state index in [9.17, 15) is 4.79 Å². The Balaban J connectivity index is 1.83. The number of benzene rings is 1. The van der Waals surface area contributed by atoms with Gasteiger partial charge in [0.15, 0.2) is 0 Å². The topological polar surface area (TPSA) is 33.5 Å². The van der Waals surface area contributed by atoms with E-state index in [1.165, 1.54) is 11.3 Å². The van der Waals surface area contributed by atoms with Crippen LogP contribution in [-0.2, 0) is 13.1 Å². The summed E-state index contributed by atoms with van der Waals surface area (Å²) in [5.74, 6) is 1.70. The van der Waals surface area contributed by atoms with Crippen LogP contribution >= 0.6 is 11.3 Å². The Morgan fingerprint density at radius 1 is 1.05 bits per heavy atom. The smallest absolute Gasteiger partial charge is 0.264 e. The van der Waals surface area contributed by atoms with Crippen LogP contribution in [0.1, 0.15) is 26.8 Å². The highest BCUT2D eigenvalue weighted by atomic mass is 32.1. The van der Waals surface area contributed by atoms with Crippen LogP contribution in [0.3, 0.4) is 0 Å². The first kappa shape index (κ1) is 14.6. The summed E-state index contributed by atoms with van der Waals surface area (Å²) in [5.41, 5.74) is 1.11. The highest BCUT2D eigenvalue weighted by Gasteiger charge is 2.18. The van der Waals surface area contributed by atoms with Gasteiger partial charge in [0.25, 0.3) is 5.91 Å². The van der Waals surface area contributed by atoms with Crippen LogP contribution in [0.4, 0.5) is 0 Å². The van der Waals surface area contributed by atoms with Gasteiger partial charge in [-0.3, -0.25) is 4.79 Å². The predicted octanol–water partition coefficient (Wildman–Crippen LogP) is 4.49. The molecule has 0 atom stereocenters. The van der Waals surface area contributed by atoms with Gasteiger partial charge in [-0.2, -0.15) is 0 Å². The number of nitrogens with zero attached hydrogens (tertiary/aromatic N) is 1. The number of carbonyl (C=O) groups is 1. The molecule has 0 saturated heterocycles. The molecule has 0 radical (unpaired) electrons. The highest BCUT2D eigenvalue weighted by Crippen LogP contribution is 2.18. The van der Waals surface area contributed by atoms with Gasteiger partial charge in [-0.05, 0) is 36.1 Å². The number of aryl methyl sites for hydroxylation is 1. The Morgan fingerprint density at radius 2 is 1.86 bits per heavy atom. The van der Waals surface area contributed by atoms with Gasteiger partial charge in [0, 0.05) is 6.54 Å². The van der Waals surface area contributed by atoms with E-state index >= 15 is 0 Å². The van der Waals surface area contributed by atoms with Gasteiger partial charge < -0.3 is 9.32 Å². The zero-order valence-electron chi connectivity index (χ0n) is 12.4. The van der Waals surface area contributed by atoms with Crippen molar-refractivity contribution in [3.05, 3.63) is 81.9 Å². The number of thiophene rings is 1. The number of furan rings is 1. The van der Waals surface area contributed by atoms with Gasteiger partial charge >= 0.3 is 0 Å². The van der Waals surface area contributed by atoms with Crippen LogP contribution in [0, 0.1) is 6.92 Å². The summed E-state index contributed by atoms with van der Waals surface area (Å²) in [5, 5.41) is 1.92. The third kappa shape index (κ3) is 3.46. The summed E-state index contributed by atoms with van der Waals surface area (Å²) in [6.45, 7) is 2.95. The molecule has 22 heavy (non-hydrogen) atoms. The molecule has 2 aromatic heterocycles. The van der Waals surface area contributed by atoms with Crippen molar-refractivity contribution in [2.24, 2.45) is 0 Å². The monoisotopic (exact) mass is 311 g/mol. The van der Waals surface area contributed by atoms with E-state index in [0.29, 0.717) is 13.1 Å². The van der Waals surface area contributed by atoms with Crippen molar-refractivity contribution < 1.29 is 9.21 Å². The minimum Gasteiger partial charge on any atom is -0.464 e. The van der Waals surface area contributed by atoms with E-state index in [2.05, 4.69) is 0 Å². The minimum atomic E-state index is 0.0351. The van der Waals surface area contributed by atoms with Crippen LogP contribution in [0.25, 0.3) is 0 Å². The van der Waals surface area contributed by atoms with E-state index in [1.54, 1.807) is 0 Å². The highest BCUT2D eigenvalue weighted by molar-refractivity contribution is 7.12. The molecule has 0 unspecified atom stereocenters. The summed E-state index contributed by atoms with van der Waals surface area (Å²) < 4.78 is 5.63. The SMILES string of the molecule is Cc1ccc(CN(Cc2ccccc2)C(=O)c2cccs2)o1. The van der Waals surface area contributed by atoms with Gasteiger partial charge in [0.2, 0.25) is 0 Å². The molecule has 0 spiro atoms. The lowest BCUT2D eigenvalue weighted by Gasteiger charge is -2.21. The summed E-state index contributed by atoms with van der Waals surface area (Å²) in [7, 11) is 0. The van der Waals surface area contributed by atoms with Crippen LogP contribution in [0.15, 0.2) is 64.4 Å². The third-order valence-corrected chi connectivity index (χ3v) is 4.24. The fourth-order valence-corrected chi connectivity index (χ4v) is 3.01. The van der Waals surface area contributed by atoms with Crippen molar-refractivity contribution in [2.45, 2.75) is 20.0 Å². The molecule has 3 rings (SSSR count). The Kier molecular flexibility index (Phi) is 4.39. The maximum Gasteiger partial charge on any atom is 0.264 e. The average Bonchev–Trinajstić information content (AvgIpc) is 3.19. The molecule has 2 heterocycles. The molecule has 3 nitrogen and oxygen atoms in total. The van der Waals surface area contributed by atoms with E-state index in [1.807, 2.05) is 71.8 Å². The lowest BCUT2D eigenvalue weighted by atomic mass is 10.2. The second-order valence-corrected chi connectivity index (χ2v) is 6.08. The van der Waals surface area contributed by atoms with E-state index < -0.39 is 0 Å². The van der Waals surface area contributed by atoms with Crippen molar-refractivity contribution in [2.75, 3.05) is 0 Å². The summed E-state index contributed by atoms with van der Waals surface area (Å²) in [6.07, 6.45) is 0. The third-order valence-electron chi connectivity index (χ3n) is 3.38. The second-order valence-electron chi connectivity index (χ2n) is 5.14. The molecule has 0 fully saturated rings. The van der Waals surface area contributed by atoms with Crippen LogP contribution in [0.5, 0.6) is 0 Å². The lowest BCUT2D eigenvalue weighted by molar-refractivity contribution is 0.0722. The summed E-state index contributed by atoms with van der Waals surface area (Å²) >= 11 is 1.46. The lowest BCUT2D eigenvalue weighted by Crippen LogP contribution is -2.29. The number of hydrogen-bond acceptors (Lipinski definition) is 3. The molecule has 0 N–H and O–H groups in total. The molecule has 0 aliphatic heterocycles. The first-order valence-electron chi connectivity index (χ1n) is 7.14. The maximum absolute atomic E-state index is 12.7. The zero-order chi connectivity index (χ0) is 15.4. The van der Waals surface area contributed by atoms with Gasteiger partial charge in [0.05, 0.1) is 11.4 Å². The average molecular weight is 311 g/mol. The van der Waals surface area contributed by atoms with Crippen molar-refractivity contribution in [3.8, 4) is 0 Å². The molecule has 0 aliphatic carbocycles. The molecule has 0 bridgehead atoms. The maximum atomic E-state index is 12.7. The molecule has 3 aromatic rings. The fraction of sp³-hybridized carbons (Fsp3) is 0.167. The largest absolute Gasteiger partial charge is 0.464 e. The fourth-order valence-electron chi connectivity index (χ4n) is 2.32. The molecule has 1 aromatic carbocycles. The zero-order valence-corrected chi connectivity index (χ0v) is 13.2. The molecular weight excluding hydrogens is 294 g/mol. The first-order valence-corrected chi connectivity index (χ1v) is 8.02. The quantitative estimate of drug-likeness (QED) is 0.695. The minimum absolute atomic E-state index is 0.0351. The van der Waals surface area contributed by atoms with Gasteiger partial charge in [0.1, 0.15) is 11.5 Å². The predicted molar refractivity (Wildman–Crippen MR) is 87.8 cm³/mol. The Labute approximate surface area is 133 Å². The molecule has 4 heteroatoms. The van der Waals surface area contributed by atoms with Crippen LogP contribution in [-0.4, -0.2) is 10.8 Å². The number of carbonyl (C=O) groups excluding carboxylic acids is 1. The van der Waals surface area contributed by atoms with Gasteiger partial charge in [-0.15, -0.1) is 11.3 Å². The standard InChI is InChI=1S/C18H17NO2S/c1-14-9-10-16(21-14)13-19(12-15-6-3-2-4-7-15)18(20)17-8-5-11-22-17/h2-11H,12-13H2,1H3. The van der Waals surface area contributed by atoms with E-state index in [-0.39, 0.29) is 5.91 Å². The van der Waals surface area contributed by atoms with Crippen molar-refractivity contribution in [1.82, 2.24) is 4.90 Å². The Morgan fingerprint density at radius 3 is 2.50 bits per heavy atom. The molecule has 112 valence electrons. The summed E-state index contributed by atoms with van der Waals surface area (Å²) in [6, 6.07) is 17.6. The second kappa shape index (κ2) is 6.62. The number of rotatable bonds is 5. The molecule has 0 aliphatic rings. The first-order chi connectivity index (χ1) is 10.7. The molecule has 0 saturated carbocycles. The Bertz CT molecular complexity index is 732. The number of hydrogen-bond donors (Lipinski definition) is 0.